The lowest BCUT2D eigenvalue weighted by atomic mass is 10.1. The van der Waals surface area contributed by atoms with E-state index in [4.69, 9.17) is 11.6 Å². The molecule has 0 saturated heterocycles. The van der Waals surface area contributed by atoms with Crippen LogP contribution in [-0.4, -0.2) is 16.9 Å². The maximum Gasteiger partial charge on any atom is 0.313 e. The van der Waals surface area contributed by atoms with Crippen LogP contribution in [0.2, 0.25) is 5.02 Å². The van der Waals surface area contributed by atoms with Crippen LogP contribution in [0.3, 0.4) is 0 Å². The Morgan fingerprint density at radius 3 is 2.54 bits per heavy atom. The van der Waals surface area contributed by atoms with Crippen LogP contribution in [0, 0.1) is 5.82 Å². The lowest BCUT2D eigenvalue weighted by molar-refractivity contribution is -0.136. The van der Waals surface area contributed by atoms with Crippen molar-refractivity contribution in [1.82, 2.24) is 5.32 Å². The van der Waals surface area contributed by atoms with E-state index in [0.717, 1.165) is 21.4 Å². The highest BCUT2D eigenvalue weighted by Crippen LogP contribution is 2.28. The van der Waals surface area contributed by atoms with Gasteiger partial charge in [-0.25, -0.2) is 4.39 Å². The molecule has 0 aliphatic heterocycles. The van der Waals surface area contributed by atoms with Gasteiger partial charge in [-0.05, 0) is 35.9 Å². The van der Waals surface area contributed by atoms with E-state index in [9.17, 15) is 19.1 Å². The van der Waals surface area contributed by atoms with Gasteiger partial charge in [0.15, 0.2) is 0 Å². The molecule has 2 aromatic carbocycles. The maximum absolute atomic E-state index is 13.1. The summed E-state index contributed by atoms with van der Waals surface area (Å²) in [6, 6.07) is 16.4. The molecule has 28 heavy (non-hydrogen) atoms. The van der Waals surface area contributed by atoms with Gasteiger partial charge in [0.2, 0.25) is 0 Å². The van der Waals surface area contributed by atoms with E-state index in [1.165, 1.54) is 23.5 Å². The lowest BCUT2D eigenvalue weighted by Gasteiger charge is -2.08. The zero-order valence-corrected chi connectivity index (χ0v) is 16.1. The average Bonchev–Trinajstić information content (AvgIpc) is 3.18. The van der Waals surface area contributed by atoms with E-state index < -0.39 is 23.7 Å². The summed E-state index contributed by atoms with van der Waals surface area (Å²) in [5, 5.41) is 15.1. The Morgan fingerprint density at radius 2 is 1.82 bits per heavy atom. The molecule has 2 amide bonds. The van der Waals surface area contributed by atoms with Crippen LogP contribution in [0.25, 0.3) is 0 Å². The minimum absolute atomic E-state index is 0.141. The predicted octanol–water partition coefficient (Wildman–Crippen LogP) is 3.88. The molecule has 1 heterocycles. The molecule has 3 N–H and O–H groups in total. The highest BCUT2D eigenvalue weighted by atomic mass is 35.5. The van der Waals surface area contributed by atoms with Gasteiger partial charge < -0.3 is 15.7 Å². The van der Waals surface area contributed by atoms with Crippen molar-refractivity contribution in [3.63, 3.8) is 0 Å². The third-order valence-electron chi connectivity index (χ3n) is 3.87. The third-order valence-corrected chi connectivity index (χ3v) is 5.30. The molecular weight excluding hydrogens is 403 g/mol. The number of anilines is 1. The fourth-order valence-electron chi connectivity index (χ4n) is 2.45. The number of carbonyl (C=O) groups is 2. The molecule has 0 fully saturated rings. The Balaban J connectivity index is 1.55. The van der Waals surface area contributed by atoms with Crippen LogP contribution in [0.1, 0.15) is 21.4 Å². The number of nitrogens with one attached hydrogen (secondary N) is 2. The summed E-state index contributed by atoms with van der Waals surface area (Å²) in [5.74, 6) is -2.34. The van der Waals surface area contributed by atoms with Gasteiger partial charge in [-0.15, -0.1) is 11.3 Å². The topological polar surface area (TPSA) is 78.4 Å². The Bertz CT molecular complexity index is 994. The normalized spacial score (nSPS) is 11.7. The summed E-state index contributed by atoms with van der Waals surface area (Å²) in [5.41, 5.74) is 0.994. The second kappa shape index (κ2) is 8.97. The predicted molar refractivity (Wildman–Crippen MR) is 107 cm³/mol. The van der Waals surface area contributed by atoms with E-state index >= 15 is 0 Å². The summed E-state index contributed by atoms with van der Waals surface area (Å²) in [6.07, 6.45) is -0.748. The summed E-state index contributed by atoms with van der Waals surface area (Å²) in [4.78, 5) is 25.4. The largest absolute Gasteiger partial charge is 0.383 e. The maximum atomic E-state index is 13.1. The molecule has 1 atom stereocenters. The zero-order valence-electron chi connectivity index (χ0n) is 14.5. The number of aliphatic hydroxyl groups is 1. The smallest absolute Gasteiger partial charge is 0.313 e. The van der Waals surface area contributed by atoms with Crippen LogP contribution < -0.4 is 10.6 Å². The fourth-order valence-corrected chi connectivity index (χ4v) is 3.59. The molecule has 0 bridgehead atoms. The second-order valence-electron chi connectivity index (χ2n) is 5.88. The highest BCUT2D eigenvalue weighted by molar-refractivity contribution is 7.12. The molecule has 8 heteroatoms. The van der Waals surface area contributed by atoms with Crippen molar-refractivity contribution in [1.29, 1.82) is 0 Å². The van der Waals surface area contributed by atoms with E-state index in [2.05, 4.69) is 10.6 Å². The molecule has 3 rings (SSSR count). The lowest BCUT2D eigenvalue weighted by Crippen LogP contribution is -2.34. The summed E-state index contributed by atoms with van der Waals surface area (Å²) >= 11 is 6.99. The van der Waals surface area contributed by atoms with Crippen LogP contribution in [0.5, 0.6) is 0 Å². The Labute approximate surface area is 169 Å². The van der Waals surface area contributed by atoms with E-state index in [-0.39, 0.29) is 17.3 Å². The first-order valence-electron chi connectivity index (χ1n) is 8.30. The number of hydrogen-bond donors (Lipinski definition) is 3. The fraction of sp³-hybridized carbons (Fsp3) is 0.100. The molecule has 1 unspecified atom stereocenters. The minimum atomic E-state index is -0.885. The van der Waals surface area contributed by atoms with Crippen molar-refractivity contribution in [3.8, 4) is 0 Å². The average molecular weight is 419 g/mol. The van der Waals surface area contributed by atoms with Crippen molar-refractivity contribution >= 4 is 40.4 Å². The van der Waals surface area contributed by atoms with Crippen molar-refractivity contribution in [2.24, 2.45) is 0 Å². The van der Waals surface area contributed by atoms with Gasteiger partial charge in [0, 0.05) is 15.4 Å². The molecule has 1 aromatic heterocycles. The van der Waals surface area contributed by atoms with Crippen molar-refractivity contribution in [2.45, 2.75) is 12.6 Å². The molecule has 0 radical (unpaired) electrons. The van der Waals surface area contributed by atoms with Crippen molar-refractivity contribution in [3.05, 3.63) is 86.8 Å². The molecule has 3 aromatic rings. The monoisotopic (exact) mass is 418 g/mol. The number of hydrogen-bond acceptors (Lipinski definition) is 4. The molecule has 0 aliphatic rings. The first kappa shape index (κ1) is 20.0. The van der Waals surface area contributed by atoms with Crippen molar-refractivity contribution in [2.75, 3.05) is 5.32 Å². The van der Waals surface area contributed by atoms with Crippen LogP contribution in [0.15, 0.2) is 60.7 Å². The highest BCUT2D eigenvalue weighted by Gasteiger charge is 2.16. The molecule has 5 nitrogen and oxygen atoms in total. The molecule has 0 aliphatic carbocycles. The quantitative estimate of drug-likeness (QED) is 0.550. The van der Waals surface area contributed by atoms with Gasteiger partial charge in [0.05, 0.1) is 11.6 Å². The third kappa shape index (κ3) is 4.95. The standard InChI is InChI=1S/C20H16ClFN2O3S/c21-15-10-13(6-8-16(15)22)24-20(27)19(26)23-11-14-7-9-17(28-14)18(25)12-4-2-1-3-5-12/h1-10,18,25H,11H2,(H,23,26)(H,24,27). The Kier molecular flexibility index (Phi) is 6.41. The van der Waals surface area contributed by atoms with Crippen molar-refractivity contribution < 1.29 is 19.1 Å². The number of aliphatic hydroxyl groups excluding tert-OH is 1. The SMILES string of the molecule is O=C(NCc1ccc(C(O)c2ccccc2)s1)C(=O)Nc1ccc(F)c(Cl)c1. The second-order valence-corrected chi connectivity index (χ2v) is 7.49. The van der Waals surface area contributed by atoms with Gasteiger partial charge in [-0.1, -0.05) is 41.9 Å². The van der Waals surface area contributed by atoms with E-state index in [1.807, 2.05) is 30.3 Å². The molecule has 0 spiro atoms. The number of benzene rings is 2. The number of halogens is 2. The number of amides is 2. The Hall–Kier alpha value is -2.74. The number of carbonyl (C=O) groups excluding carboxylic acids is 2. The van der Waals surface area contributed by atoms with Crippen LogP contribution in [-0.2, 0) is 16.1 Å². The number of thiophene rings is 1. The first-order chi connectivity index (χ1) is 13.4. The summed E-state index contributed by atoms with van der Waals surface area (Å²) in [6.45, 7) is 0.141. The van der Waals surface area contributed by atoms with E-state index in [1.54, 1.807) is 12.1 Å². The van der Waals surface area contributed by atoms with E-state index in [0.29, 0.717) is 0 Å². The van der Waals surface area contributed by atoms with Crippen LogP contribution >= 0.6 is 22.9 Å². The summed E-state index contributed by atoms with van der Waals surface area (Å²) in [7, 11) is 0. The van der Waals surface area contributed by atoms with Gasteiger partial charge in [0.25, 0.3) is 0 Å². The van der Waals surface area contributed by atoms with Gasteiger partial charge >= 0.3 is 11.8 Å². The number of rotatable bonds is 5. The van der Waals surface area contributed by atoms with Gasteiger partial charge in [-0.3, -0.25) is 9.59 Å². The molecule has 0 saturated carbocycles. The molecule has 144 valence electrons. The summed E-state index contributed by atoms with van der Waals surface area (Å²) < 4.78 is 13.1. The molecular formula is C20H16ClFN2O3S. The zero-order chi connectivity index (χ0) is 20.1. The first-order valence-corrected chi connectivity index (χ1v) is 9.49. The minimum Gasteiger partial charge on any atom is -0.383 e. The van der Waals surface area contributed by atoms with Crippen LogP contribution in [0.4, 0.5) is 10.1 Å². The Morgan fingerprint density at radius 1 is 1.07 bits per heavy atom. The van der Waals surface area contributed by atoms with Gasteiger partial charge in [-0.2, -0.15) is 0 Å². The van der Waals surface area contributed by atoms with Gasteiger partial charge in [0.1, 0.15) is 11.9 Å².